The highest BCUT2D eigenvalue weighted by Crippen LogP contribution is 2.11. The maximum absolute atomic E-state index is 13.5. The summed E-state index contributed by atoms with van der Waals surface area (Å²) in [5.41, 5.74) is 1.23. The van der Waals surface area contributed by atoms with Gasteiger partial charge in [0.1, 0.15) is 0 Å². The van der Waals surface area contributed by atoms with Crippen molar-refractivity contribution in [2.24, 2.45) is 4.99 Å². The Kier molecular flexibility index (Phi) is 5.82. The minimum Gasteiger partial charge on any atom is -0.356 e. The lowest BCUT2D eigenvalue weighted by Gasteiger charge is -2.12. The zero-order chi connectivity index (χ0) is 15.8. The molecule has 0 saturated heterocycles. The third-order valence-electron chi connectivity index (χ3n) is 3.11. The topological polar surface area (TPSA) is 49.3 Å². The Morgan fingerprint density at radius 3 is 2.73 bits per heavy atom. The zero-order valence-corrected chi connectivity index (χ0v) is 12.3. The van der Waals surface area contributed by atoms with Crippen LogP contribution >= 0.6 is 0 Å². The summed E-state index contributed by atoms with van der Waals surface area (Å²) in [6.07, 6.45) is 2.09. The molecule has 0 atom stereocenters. The molecule has 6 heteroatoms. The fourth-order valence-corrected chi connectivity index (χ4v) is 1.95. The second kappa shape index (κ2) is 8.07. The van der Waals surface area contributed by atoms with Gasteiger partial charge in [0.2, 0.25) is 0 Å². The number of rotatable bonds is 5. The van der Waals surface area contributed by atoms with Gasteiger partial charge in [0.25, 0.3) is 0 Å². The van der Waals surface area contributed by atoms with E-state index in [2.05, 4.69) is 20.6 Å². The summed E-state index contributed by atoms with van der Waals surface area (Å²) in [7, 11) is 1.65. The summed E-state index contributed by atoms with van der Waals surface area (Å²) in [5, 5.41) is 6.16. The number of nitrogens with one attached hydrogen (secondary N) is 2. The van der Waals surface area contributed by atoms with Gasteiger partial charge in [-0.05, 0) is 30.2 Å². The van der Waals surface area contributed by atoms with Crippen LogP contribution in [0.15, 0.2) is 47.6 Å². The van der Waals surface area contributed by atoms with E-state index >= 15 is 0 Å². The number of aliphatic imine (C=N–C) groups is 1. The van der Waals surface area contributed by atoms with E-state index in [4.69, 9.17) is 0 Å². The van der Waals surface area contributed by atoms with E-state index in [0.717, 1.165) is 11.8 Å². The third kappa shape index (κ3) is 4.51. The smallest absolute Gasteiger partial charge is 0.191 e. The normalized spacial score (nSPS) is 11.3. The molecule has 0 aliphatic carbocycles. The molecule has 0 unspecified atom stereocenters. The average molecular weight is 304 g/mol. The lowest BCUT2D eigenvalue weighted by molar-refractivity contribution is 0.498. The molecule has 116 valence electrons. The molecule has 0 amide bonds. The third-order valence-corrected chi connectivity index (χ3v) is 3.11. The first-order chi connectivity index (χ1) is 10.7. The number of halogens is 2. The summed E-state index contributed by atoms with van der Waals surface area (Å²) in [6, 6.07) is 9.85. The van der Waals surface area contributed by atoms with E-state index in [9.17, 15) is 8.78 Å². The molecule has 2 rings (SSSR count). The largest absolute Gasteiger partial charge is 0.356 e. The first-order valence-electron chi connectivity index (χ1n) is 6.98. The van der Waals surface area contributed by atoms with Crippen LogP contribution in [0, 0.1) is 11.6 Å². The van der Waals surface area contributed by atoms with E-state index in [1.165, 1.54) is 6.07 Å². The quantitative estimate of drug-likeness (QED) is 0.658. The molecule has 0 saturated carbocycles. The van der Waals surface area contributed by atoms with Gasteiger partial charge in [-0.1, -0.05) is 18.2 Å². The van der Waals surface area contributed by atoms with Crippen LogP contribution in [0.4, 0.5) is 8.78 Å². The van der Waals surface area contributed by atoms with E-state index in [1.807, 2.05) is 18.2 Å². The van der Waals surface area contributed by atoms with Gasteiger partial charge >= 0.3 is 0 Å². The summed E-state index contributed by atoms with van der Waals surface area (Å²) in [6.45, 7) is 0.983. The molecule has 0 aliphatic rings. The molecule has 2 aromatic rings. The van der Waals surface area contributed by atoms with Crippen molar-refractivity contribution >= 4 is 5.96 Å². The molecule has 0 fully saturated rings. The van der Waals surface area contributed by atoms with Crippen LogP contribution in [0.2, 0.25) is 0 Å². The van der Waals surface area contributed by atoms with Crippen molar-refractivity contribution in [2.45, 2.75) is 13.0 Å². The fourth-order valence-electron chi connectivity index (χ4n) is 1.95. The van der Waals surface area contributed by atoms with E-state index < -0.39 is 11.6 Å². The van der Waals surface area contributed by atoms with Crippen molar-refractivity contribution < 1.29 is 8.78 Å². The molecule has 0 radical (unpaired) electrons. The van der Waals surface area contributed by atoms with Gasteiger partial charge in [0.15, 0.2) is 17.6 Å². The van der Waals surface area contributed by atoms with Crippen molar-refractivity contribution in [3.63, 3.8) is 0 Å². The molecule has 0 bridgehead atoms. The van der Waals surface area contributed by atoms with Crippen molar-refractivity contribution in [3.8, 4) is 0 Å². The second-order valence-corrected chi connectivity index (χ2v) is 4.64. The molecule has 0 aliphatic heterocycles. The molecular weight excluding hydrogens is 286 g/mol. The van der Waals surface area contributed by atoms with Gasteiger partial charge in [0.05, 0.1) is 12.2 Å². The van der Waals surface area contributed by atoms with Gasteiger partial charge in [-0.3, -0.25) is 9.98 Å². The predicted molar refractivity (Wildman–Crippen MR) is 82.5 cm³/mol. The maximum Gasteiger partial charge on any atom is 0.191 e. The van der Waals surface area contributed by atoms with Gasteiger partial charge in [0, 0.05) is 19.8 Å². The van der Waals surface area contributed by atoms with Crippen molar-refractivity contribution in [1.29, 1.82) is 0 Å². The number of hydrogen-bond acceptors (Lipinski definition) is 2. The Balaban J connectivity index is 1.80. The Hall–Kier alpha value is -2.50. The van der Waals surface area contributed by atoms with Crippen LogP contribution in [0.25, 0.3) is 0 Å². The lowest BCUT2D eigenvalue weighted by Crippen LogP contribution is -2.38. The molecule has 2 N–H and O–H groups in total. The molecular formula is C16H18F2N4. The Morgan fingerprint density at radius 2 is 2.00 bits per heavy atom. The molecule has 1 aromatic carbocycles. The summed E-state index contributed by atoms with van der Waals surface area (Å²) in [4.78, 5) is 8.27. The number of aromatic nitrogens is 1. The van der Waals surface area contributed by atoms with Gasteiger partial charge in [-0.15, -0.1) is 0 Å². The fraction of sp³-hybridized carbons (Fsp3) is 0.250. The Bertz CT molecular complexity index is 629. The van der Waals surface area contributed by atoms with Gasteiger partial charge in [-0.2, -0.15) is 0 Å². The summed E-state index contributed by atoms with van der Waals surface area (Å²) < 4.78 is 26.6. The van der Waals surface area contributed by atoms with Crippen molar-refractivity contribution in [2.75, 3.05) is 13.6 Å². The zero-order valence-electron chi connectivity index (χ0n) is 12.3. The molecule has 0 spiro atoms. The number of guanidine groups is 1. The highest BCUT2D eigenvalue weighted by atomic mass is 19.2. The number of nitrogens with zero attached hydrogens (tertiary/aromatic N) is 2. The van der Waals surface area contributed by atoms with Crippen LogP contribution < -0.4 is 10.6 Å². The lowest BCUT2D eigenvalue weighted by atomic mass is 10.1. The van der Waals surface area contributed by atoms with Crippen LogP contribution in [0.1, 0.15) is 11.3 Å². The SMILES string of the molecule is CN=C(NCCc1cccc(F)c1F)NCc1ccccn1. The average Bonchev–Trinajstić information content (AvgIpc) is 2.55. The van der Waals surface area contributed by atoms with Crippen LogP contribution in [-0.2, 0) is 13.0 Å². The monoisotopic (exact) mass is 304 g/mol. The minimum atomic E-state index is -0.824. The predicted octanol–water partition coefficient (Wildman–Crippen LogP) is 2.27. The molecule has 22 heavy (non-hydrogen) atoms. The first kappa shape index (κ1) is 15.9. The maximum atomic E-state index is 13.5. The van der Waals surface area contributed by atoms with Crippen LogP contribution in [0.3, 0.4) is 0 Å². The van der Waals surface area contributed by atoms with Crippen LogP contribution in [-0.4, -0.2) is 24.5 Å². The highest BCUT2D eigenvalue weighted by Gasteiger charge is 2.07. The van der Waals surface area contributed by atoms with Crippen molar-refractivity contribution in [1.82, 2.24) is 15.6 Å². The van der Waals surface area contributed by atoms with E-state index in [1.54, 1.807) is 19.3 Å². The first-order valence-corrected chi connectivity index (χ1v) is 6.98. The minimum absolute atomic E-state index is 0.340. The van der Waals surface area contributed by atoms with E-state index in [-0.39, 0.29) is 0 Å². The number of pyridine rings is 1. The summed E-state index contributed by atoms with van der Waals surface area (Å²) >= 11 is 0. The number of benzene rings is 1. The molecule has 4 nitrogen and oxygen atoms in total. The van der Waals surface area contributed by atoms with Crippen LogP contribution in [0.5, 0.6) is 0 Å². The molecule has 1 heterocycles. The second-order valence-electron chi connectivity index (χ2n) is 4.64. The number of hydrogen-bond donors (Lipinski definition) is 2. The summed E-state index contributed by atoms with van der Waals surface area (Å²) in [5.74, 6) is -1.03. The van der Waals surface area contributed by atoms with Crippen molar-refractivity contribution in [3.05, 3.63) is 65.5 Å². The Morgan fingerprint density at radius 1 is 1.14 bits per heavy atom. The Labute approximate surface area is 128 Å². The standard InChI is InChI=1S/C16H18F2N4/c1-19-16(22-11-13-6-2-3-9-20-13)21-10-8-12-5-4-7-14(17)15(12)18/h2-7,9H,8,10-11H2,1H3,(H2,19,21,22). The molecule has 1 aromatic heterocycles. The van der Waals surface area contributed by atoms with Gasteiger partial charge < -0.3 is 10.6 Å². The van der Waals surface area contributed by atoms with E-state index in [0.29, 0.717) is 31.0 Å². The van der Waals surface area contributed by atoms with Gasteiger partial charge in [-0.25, -0.2) is 8.78 Å². The highest BCUT2D eigenvalue weighted by molar-refractivity contribution is 5.79.